The smallest absolute Gasteiger partial charge is 0.119 e. The highest BCUT2D eigenvalue weighted by molar-refractivity contribution is 5.20. The van der Waals surface area contributed by atoms with Gasteiger partial charge in [0.25, 0.3) is 0 Å². The van der Waals surface area contributed by atoms with E-state index < -0.39 is 0 Å². The second-order valence-corrected chi connectivity index (χ2v) is 4.60. The first kappa shape index (κ1) is 12.4. The predicted molar refractivity (Wildman–Crippen MR) is 70.5 cm³/mol. The molecule has 0 unspecified atom stereocenters. The van der Waals surface area contributed by atoms with Gasteiger partial charge in [0.1, 0.15) is 5.75 Å². The molecule has 1 saturated heterocycles. The van der Waals surface area contributed by atoms with E-state index in [0.717, 1.165) is 45.0 Å². The number of para-hydroxylation sites is 1. The summed E-state index contributed by atoms with van der Waals surface area (Å²) >= 11 is 0. The van der Waals surface area contributed by atoms with Gasteiger partial charge in [-0.15, -0.1) is 0 Å². The molecule has 3 heteroatoms. The van der Waals surface area contributed by atoms with Crippen LogP contribution in [0.4, 0.5) is 0 Å². The molecule has 1 aromatic carbocycles. The molecule has 0 radical (unpaired) electrons. The van der Waals surface area contributed by atoms with Crippen LogP contribution in [0.3, 0.4) is 0 Å². The van der Waals surface area contributed by atoms with Gasteiger partial charge in [0, 0.05) is 32.2 Å². The van der Waals surface area contributed by atoms with E-state index in [1.165, 1.54) is 0 Å². The van der Waals surface area contributed by atoms with Crippen LogP contribution in [0, 0.1) is 0 Å². The molecule has 1 aliphatic heterocycles. The Kier molecular flexibility index (Phi) is 4.83. The SMILES string of the molecule is C[C@H]1CNCCN1CCCOc1ccccc1. The van der Waals surface area contributed by atoms with Crippen molar-refractivity contribution in [3.63, 3.8) is 0 Å². The van der Waals surface area contributed by atoms with E-state index in [1.807, 2.05) is 30.3 Å². The number of nitrogens with one attached hydrogen (secondary N) is 1. The van der Waals surface area contributed by atoms with E-state index in [4.69, 9.17) is 4.74 Å². The molecular formula is C14H22N2O. The van der Waals surface area contributed by atoms with Crippen LogP contribution >= 0.6 is 0 Å². The van der Waals surface area contributed by atoms with Crippen LogP contribution in [0.5, 0.6) is 5.75 Å². The van der Waals surface area contributed by atoms with Crippen molar-refractivity contribution in [2.75, 3.05) is 32.8 Å². The zero-order valence-corrected chi connectivity index (χ0v) is 10.6. The number of benzene rings is 1. The predicted octanol–water partition coefficient (Wildman–Crippen LogP) is 1.75. The molecule has 2 rings (SSSR count). The summed E-state index contributed by atoms with van der Waals surface area (Å²) in [5.41, 5.74) is 0. The van der Waals surface area contributed by atoms with Crippen molar-refractivity contribution in [1.82, 2.24) is 10.2 Å². The summed E-state index contributed by atoms with van der Waals surface area (Å²) in [4.78, 5) is 2.53. The minimum absolute atomic E-state index is 0.653. The van der Waals surface area contributed by atoms with Gasteiger partial charge >= 0.3 is 0 Å². The van der Waals surface area contributed by atoms with Crippen LogP contribution in [0.2, 0.25) is 0 Å². The second-order valence-electron chi connectivity index (χ2n) is 4.60. The van der Waals surface area contributed by atoms with Crippen molar-refractivity contribution in [2.45, 2.75) is 19.4 Å². The van der Waals surface area contributed by atoms with E-state index in [9.17, 15) is 0 Å². The zero-order valence-electron chi connectivity index (χ0n) is 10.6. The van der Waals surface area contributed by atoms with Crippen molar-refractivity contribution < 1.29 is 4.74 Å². The Hall–Kier alpha value is -1.06. The minimum Gasteiger partial charge on any atom is -0.494 e. The lowest BCUT2D eigenvalue weighted by Gasteiger charge is -2.33. The number of hydrogen-bond acceptors (Lipinski definition) is 3. The summed E-state index contributed by atoms with van der Waals surface area (Å²) < 4.78 is 5.69. The normalized spacial score (nSPS) is 21.4. The fourth-order valence-corrected chi connectivity index (χ4v) is 2.19. The molecule has 0 spiro atoms. The first-order valence-corrected chi connectivity index (χ1v) is 6.49. The maximum Gasteiger partial charge on any atom is 0.119 e. The molecule has 1 aliphatic rings. The maximum absolute atomic E-state index is 5.69. The molecule has 1 aromatic rings. The lowest BCUT2D eigenvalue weighted by molar-refractivity contribution is 0.160. The molecule has 0 bridgehead atoms. The molecule has 0 aliphatic carbocycles. The third-order valence-electron chi connectivity index (χ3n) is 3.24. The highest BCUT2D eigenvalue weighted by atomic mass is 16.5. The molecule has 17 heavy (non-hydrogen) atoms. The van der Waals surface area contributed by atoms with Gasteiger partial charge in [0.05, 0.1) is 6.61 Å². The molecule has 3 nitrogen and oxygen atoms in total. The fourth-order valence-electron chi connectivity index (χ4n) is 2.19. The Morgan fingerprint density at radius 1 is 1.35 bits per heavy atom. The van der Waals surface area contributed by atoms with Gasteiger partial charge in [-0.2, -0.15) is 0 Å². The summed E-state index contributed by atoms with van der Waals surface area (Å²) in [7, 11) is 0. The Bertz CT molecular complexity index is 315. The summed E-state index contributed by atoms with van der Waals surface area (Å²) in [6.45, 7) is 7.61. The molecule has 1 atom stereocenters. The molecule has 1 fully saturated rings. The summed E-state index contributed by atoms with van der Waals surface area (Å²) in [5, 5.41) is 3.41. The largest absolute Gasteiger partial charge is 0.494 e. The Morgan fingerprint density at radius 3 is 2.94 bits per heavy atom. The molecule has 94 valence electrons. The summed E-state index contributed by atoms with van der Waals surface area (Å²) in [6, 6.07) is 10.7. The van der Waals surface area contributed by atoms with Crippen LogP contribution in [0.15, 0.2) is 30.3 Å². The van der Waals surface area contributed by atoms with E-state index in [-0.39, 0.29) is 0 Å². The van der Waals surface area contributed by atoms with Gasteiger partial charge in [-0.1, -0.05) is 18.2 Å². The number of rotatable bonds is 5. The van der Waals surface area contributed by atoms with Gasteiger partial charge in [0.15, 0.2) is 0 Å². The quantitative estimate of drug-likeness (QED) is 0.786. The molecule has 1 heterocycles. The molecule has 0 amide bonds. The number of hydrogen-bond donors (Lipinski definition) is 1. The van der Waals surface area contributed by atoms with E-state index >= 15 is 0 Å². The first-order valence-electron chi connectivity index (χ1n) is 6.49. The maximum atomic E-state index is 5.69. The number of nitrogens with zero attached hydrogens (tertiary/aromatic N) is 1. The summed E-state index contributed by atoms with van der Waals surface area (Å²) in [5.74, 6) is 0.973. The van der Waals surface area contributed by atoms with Crippen LogP contribution in [-0.4, -0.2) is 43.7 Å². The molecular weight excluding hydrogens is 212 g/mol. The lowest BCUT2D eigenvalue weighted by Crippen LogP contribution is -2.50. The van der Waals surface area contributed by atoms with Crippen molar-refractivity contribution in [3.8, 4) is 5.75 Å². The minimum atomic E-state index is 0.653. The number of piperazine rings is 1. The third kappa shape index (κ3) is 4.02. The first-order chi connectivity index (χ1) is 8.36. The molecule has 0 aromatic heterocycles. The van der Waals surface area contributed by atoms with Gasteiger partial charge in [0.2, 0.25) is 0 Å². The molecule has 1 N–H and O–H groups in total. The second kappa shape index (κ2) is 6.62. The number of ether oxygens (including phenoxy) is 1. The van der Waals surface area contributed by atoms with Crippen LogP contribution < -0.4 is 10.1 Å². The van der Waals surface area contributed by atoms with E-state index in [1.54, 1.807) is 0 Å². The van der Waals surface area contributed by atoms with Crippen molar-refractivity contribution in [1.29, 1.82) is 0 Å². The van der Waals surface area contributed by atoms with Gasteiger partial charge in [-0.25, -0.2) is 0 Å². The fraction of sp³-hybridized carbons (Fsp3) is 0.571. The highest BCUT2D eigenvalue weighted by Gasteiger charge is 2.16. The third-order valence-corrected chi connectivity index (χ3v) is 3.24. The zero-order chi connectivity index (χ0) is 11.9. The monoisotopic (exact) mass is 234 g/mol. The van der Waals surface area contributed by atoms with Crippen LogP contribution in [-0.2, 0) is 0 Å². The topological polar surface area (TPSA) is 24.5 Å². The Balaban J connectivity index is 1.63. The van der Waals surface area contributed by atoms with Gasteiger partial charge in [-0.3, -0.25) is 4.90 Å². The molecule has 0 saturated carbocycles. The average molecular weight is 234 g/mol. The van der Waals surface area contributed by atoms with E-state index in [0.29, 0.717) is 6.04 Å². The van der Waals surface area contributed by atoms with Crippen LogP contribution in [0.1, 0.15) is 13.3 Å². The van der Waals surface area contributed by atoms with E-state index in [2.05, 4.69) is 17.1 Å². The summed E-state index contributed by atoms with van der Waals surface area (Å²) in [6.07, 6.45) is 1.10. The van der Waals surface area contributed by atoms with Crippen molar-refractivity contribution in [3.05, 3.63) is 30.3 Å². The Morgan fingerprint density at radius 2 is 2.18 bits per heavy atom. The van der Waals surface area contributed by atoms with Gasteiger partial charge in [-0.05, 0) is 25.5 Å². The Labute approximate surface area is 104 Å². The van der Waals surface area contributed by atoms with Crippen molar-refractivity contribution >= 4 is 0 Å². The lowest BCUT2D eigenvalue weighted by atomic mass is 10.2. The van der Waals surface area contributed by atoms with Gasteiger partial charge < -0.3 is 10.1 Å². The standard InChI is InChI=1S/C14H22N2O/c1-13-12-15-8-10-16(13)9-5-11-17-14-6-3-2-4-7-14/h2-4,6-7,13,15H,5,8-12H2,1H3/t13-/m0/s1. The highest BCUT2D eigenvalue weighted by Crippen LogP contribution is 2.09. The van der Waals surface area contributed by atoms with Crippen LogP contribution in [0.25, 0.3) is 0 Å². The average Bonchev–Trinajstić information content (AvgIpc) is 2.38. The van der Waals surface area contributed by atoms with Crippen molar-refractivity contribution in [2.24, 2.45) is 0 Å².